The molecule has 3 aromatic rings. The first kappa shape index (κ1) is 32.8. The number of nitrogens with zero attached hydrogens (tertiary/aromatic N) is 2. The lowest BCUT2D eigenvalue weighted by Gasteiger charge is -2.31. The molecule has 0 heterocycles. The van der Waals surface area contributed by atoms with Crippen molar-refractivity contribution in [2.75, 3.05) is 6.54 Å². The molecule has 0 aliphatic carbocycles. The minimum absolute atomic E-state index is 0.0709. The molecule has 12 heteroatoms. The maximum absolute atomic E-state index is 14.4. The van der Waals surface area contributed by atoms with Crippen LogP contribution in [0.25, 0.3) is 0 Å². The number of hydrogen-bond acceptors (Lipinski definition) is 5. The van der Waals surface area contributed by atoms with Crippen molar-refractivity contribution in [3.63, 3.8) is 0 Å². The van der Waals surface area contributed by atoms with Crippen molar-refractivity contribution in [1.82, 2.24) is 10.2 Å². The molecule has 0 aliphatic rings. The van der Waals surface area contributed by atoms with Gasteiger partial charge in [0.05, 0.1) is 6.04 Å². The van der Waals surface area contributed by atoms with Crippen molar-refractivity contribution >= 4 is 17.9 Å². The fourth-order valence-electron chi connectivity index (χ4n) is 3.96. The van der Waals surface area contributed by atoms with E-state index < -0.39 is 58.4 Å². The second-order valence-corrected chi connectivity index (χ2v) is 10.3. The first-order valence-electron chi connectivity index (χ1n) is 13.1. The lowest BCUT2D eigenvalue weighted by atomic mass is 10.0. The van der Waals surface area contributed by atoms with Crippen molar-refractivity contribution in [2.45, 2.75) is 45.4 Å². The Morgan fingerprint density at radius 2 is 1.40 bits per heavy atom. The summed E-state index contributed by atoms with van der Waals surface area (Å²) in [5.74, 6) is -13.9. The molecule has 0 saturated heterocycles. The third kappa shape index (κ3) is 8.87. The van der Waals surface area contributed by atoms with Gasteiger partial charge in [-0.15, -0.1) is 6.58 Å². The van der Waals surface area contributed by atoms with E-state index in [9.17, 15) is 31.5 Å². The number of oxime groups is 1. The van der Waals surface area contributed by atoms with Gasteiger partial charge in [-0.25, -0.2) is 31.5 Å². The fraction of sp³-hybridized carbons (Fsp3) is 0.258. The summed E-state index contributed by atoms with van der Waals surface area (Å²) in [6, 6.07) is 16.7. The van der Waals surface area contributed by atoms with Crippen LogP contribution >= 0.6 is 0 Å². The van der Waals surface area contributed by atoms with E-state index in [2.05, 4.69) is 17.1 Å². The van der Waals surface area contributed by atoms with Crippen molar-refractivity contribution in [2.24, 2.45) is 5.16 Å². The first-order valence-corrected chi connectivity index (χ1v) is 13.1. The number of alkyl carbamates (subject to hydrolysis) is 1. The Hall–Kier alpha value is -4.74. The van der Waals surface area contributed by atoms with E-state index in [4.69, 9.17) is 9.57 Å². The van der Waals surface area contributed by atoms with Gasteiger partial charge in [-0.2, -0.15) is 0 Å². The Morgan fingerprint density at radius 1 is 0.884 bits per heavy atom. The van der Waals surface area contributed by atoms with E-state index in [1.807, 2.05) is 0 Å². The average molecular weight is 604 g/mol. The first-order chi connectivity index (χ1) is 20.3. The normalized spacial score (nSPS) is 12.3. The van der Waals surface area contributed by atoms with E-state index >= 15 is 0 Å². The topological polar surface area (TPSA) is 80.2 Å². The number of nitrogens with one attached hydrogen (secondary N) is 1. The van der Waals surface area contributed by atoms with Gasteiger partial charge in [0, 0.05) is 19.5 Å². The van der Waals surface area contributed by atoms with Gasteiger partial charge in [-0.3, -0.25) is 0 Å². The van der Waals surface area contributed by atoms with Crippen molar-refractivity contribution in [3.05, 3.63) is 119 Å². The number of carbonyl (C=O) groups excluding carboxylic acids is 2. The molecule has 1 atom stereocenters. The summed E-state index contributed by atoms with van der Waals surface area (Å²) < 4.78 is 75.3. The zero-order valence-electron chi connectivity index (χ0n) is 23.7. The minimum Gasteiger partial charge on any atom is -0.444 e. The molecule has 1 N–H and O–H groups in total. The summed E-state index contributed by atoms with van der Waals surface area (Å²) in [6.07, 6.45) is 0.712. The molecule has 0 unspecified atom stereocenters. The molecule has 1 amide bonds. The third-order valence-corrected chi connectivity index (χ3v) is 5.81. The summed E-state index contributed by atoms with van der Waals surface area (Å²) in [5, 5.41) is 6.51. The van der Waals surface area contributed by atoms with Gasteiger partial charge < -0.3 is 19.8 Å². The highest BCUT2D eigenvalue weighted by Gasteiger charge is 2.32. The maximum atomic E-state index is 14.4. The third-order valence-electron chi connectivity index (χ3n) is 5.81. The molecule has 7 nitrogen and oxygen atoms in total. The quantitative estimate of drug-likeness (QED) is 0.0409. The SMILES string of the molecule is C=CCN(Cc1ccccc1)/C(=N\OC(=O)c1c(F)c(F)c(F)c(F)c1F)[C@H](Cc1ccccc1)NC(=O)OC(C)(C)C. The Bertz CT molecular complexity index is 1450. The molecule has 3 rings (SSSR count). The van der Waals surface area contributed by atoms with Crippen LogP contribution in [0.2, 0.25) is 0 Å². The number of amidine groups is 1. The lowest BCUT2D eigenvalue weighted by Crippen LogP contribution is -2.51. The Morgan fingerprint density at radius 3 is 1.91 bits per heavy atom. The zero-order chi connectivity index (χ0) is 31.7. The van der Waals surface area contributed by atoms with Gasteiger partial charge in [0.25, 0.3) is 0 Å². The predicted molar refractivity (Wildman–Crippen MR) is 149 cm³/mol. The second kappa shape index (κ2) is 14.4. The fourth-order valence-corrected chi connectivity index (χ4v) is 3.96. The van der Waals surface area contributed by atoms with E-state index in [1.165, 1.54) is 6.08 Å². The van der Waals surface area contributed by atoms with Gasteiger partial charge in [0.2, 0.25) is 5.82 Å². The monoisotopic (exact) mass is 603 g/mol. The highest BCUT2D eigenvalue weighted by molar-refractivity contribution is 5.93. The summed E-state index contributed by atoms with van der Waals surface area (Å²) in [6.45, 7) is 8.90. The van der Waals surface area contributed by atoms with E-state index in [1.54, 1.807) is 86.3 Å². The molecule has 0 bridgehead atoms. The molecule has 43 heavy (non-hydrogen) atoms. The number of ether oxygens (including phenoxy) is 1. The van der Waals surface area contributed by atoms with E-state index in [-0.39, 0.29) is 25.3 Å². The van der Waals surface area contributed by atoms with Crippen LogP contribution in [0.4, 0.5) is 26.7 Å². The number of hydrogen-bond donors (Lipinski definition) is 1. The molecule has 0 aromatic heterocycles. The summed E-state index contributed by atoms with van der Waals surface area (Å²) in [4.78, 5) is 32.0. The zero-order valence-corrected chi connectivity index (χ0v) is 23.7. The van der Waals surface area contributed by atoms with Crippen molar-refractivity contribution in [1.29, 1.82) is 0 Å². The highest BCUT2D eigenvalue weighted by Crippen LogP contribution is 2.24. The Labute approximate surface area is 245 Å². The van der Waals surface area contributed by atoms with Gasteiger partial charge in [-0.1, -0.05) is 71.9 Å². The van der Waals surface area contributed by atoms with Crippen LogP contribution in [0.15, 0.2) is 78.5 Å². The van der Waals surface area contributed by atoms with Gasteiger partial charge in [0.1, 0.15) is 11.2 Å². The molecule has 0 fully saturated rings. The van der Waals surface area contributed by atoms with E-state index in [0.717, 1.165) is 5.56 Å². The average Bonchev–Trinajstić information content (AvgIpc) is 2.95. The molecule has 228 valence electrons. The van der Waals surface area contributed by atoms with Crippen LogP contribution in [-0.2, 0) is 22.5 Å². The largest absolute Gasteiger partial charge is 0.444 e. The molecule has 0 aliphatic heterocycles. The summed E-state index contributed by atoms with van der Waals surface area (Å²) in [7, 11) is 0. The van der Waals surface area contributed by atoms with Crippen molar-refractivity contribution < 1.29 is 41.1 Å². The Kier molecular flexibility index (Phi) is 11.0. The molecule has 3 aromatic carbocycles. The summed E-state index contributed by atoms with van der Waals surface area (Å²) in [5.41, 5.74) is -1.24. The summed E-state index contributed by atoms with van der Waals surface area (Å²) >= 11 is 0. The minimum atomic E-state index is -2.43. The highest BCUT2D eigenvalue weighted by atomic mass is 19.2. The number of benzene rings is 3. The van der Waals surface area contributed by atoms with Crippen molar-refractivity contribution in [3.8, 4) is 0 Å². The van der Waals surface area contributed by atoms with Gasteiger partial charge in [0.15, 0.2) is 29.1 Å². The second-order valence-electron chi connectivity index (χ2n) is 10.3. The molecule has 0 spiro atoms. The van der Waals surface area contributed by atoms with Crippen LogP contribution in [0.1, 0.15) is 42.3 Å². The smallest absolute Gasteiger partial charge is 0.408 e. The number of amides is 1. The van der Waals surface area contributed by atoms with E-state index in [0.29, 0.717) is 5.56 Å². The molecule has 0 radical (unpaired) electrons. The van der Waals surface area contributed by atoms with Gasteiger partial charge >= 0.3 is 12.1 Å². The van der Waals surface area contributed by atoms with Crippen LogP contribution in [0.3, 0.4) is 0 Å². The molecular formula is C31H30F5N3O4. The molecule has 0 saturated carbocycles. The van der Waals surface area contributed by atoms with Crippen LogP contribution in [0.5, 0.6) is 0 Å². The number of rotatable bonds is 10. The lowest BCUT2D eigenvalue weighted by molar-refractivity contribution is 0.0488. The maximum Gasteiger partial charge on any atom is 0.408 e. The standard InChI is InChI=1S/C31H30F5N3O4/c1-5-16-39(18-20-14-10-7-11-15-20)28(38-43-29(40)22-23(32)25(34)27(36)26(35)24(22)33)21(17-19-12-8-6-9-13-19)37-30(41)42-31(2,3)4/h5-15,21H,1,16-18H2,2-4H3,(H,37,41)/b38-28-/t21-/m0/s1. The number of carbonyl (C=O) groups is 2. The van der Waals surface area contributed by atoms with Crippen LogP contribution < -0.4 is 5.32 Å². The number of halogens is 5. The van der Waals surface area contributed by atoms with Crippen LogP contribution in [-0.4, -0.2) is 41.0 Å². The Balaban J connectivity index is 2.12. The van der Waals surface area contributed by atoms with Crippen LogP contribution in [0, 0.1) is 29.1 Å². The predicted octanol–water partition coefficient (Wildman–Crippen LogP) is 6.68. The molecular weight excluding hydrogens is 573 g/mol. The van der Waals surface area contributed by atoms with Gasteiger partial charge in [-0.05, 0) is 31.9 Å².